The van der Waals surface area contributed by atoms with Crippen LogP contribution in [-0.2, 0) is 9.59 Å². The summed E-state index contributed by atoms with van der Waals surface area (Å²) in [6.07, 6.45) is 0.646. The molecule has 6 nitrogen and oxygen atoms in total. The first kappa shape index (κ1) is 19.1. The summed E-state index contributed by atoms with van der Waals surface area (Å²) in [6, 6.07) is 5.20. The number of carbonyl (C=O) groups excluding carboxylic acids is 1. The molecule has 0 saturated carbocycles. The van der Waals surface area contributed by atoms with Crippen LogP contribution in [0.15, 0.2) is 18.2 Å². The molecule has 0 aromatic heterocycles. The van der Waals surface area contributed by atoms with E-state index in [1.165, 1.54) is 0 Å². The molecule has 0 aliphatic rings. The standard InChI is InChI=1S/C16H23ClN2O4/c1-16(2,15(21)22)7-9-19-14(20)6-8-18-12-10-11(17)4-5-13(12)23-3/h4-5,10,18H,6-9H2,1-3H3,(H,19,20)(H,21,22). The van der Waals surface area contributed by atoms with Gasteiger partial charge in [-0.1, -0.05) is 11.6 Å². The van der Waals surface area contributed by atoms with Crippen LogP contribution < -0.4 is 15.4 Å². The summed E-state index contributed by atoms with van der Waals surface area (Å²) in [5, 5.41) is 15.4. The number of carbonyl (C=O) groups is 2. The predicted octanol–water partition coefficient (Wildman–Crippen LogP) is 2.77. The number of methoxy groups -OCH3 is 1. The Hall–Kier alpha value is -1.95. The minimum absolute atomic E-state index is 0.139. The van der Waals surface area contributed by atoms with E-state index in [1.54, 1.807) is 39.2 Å². The second-order valence-corrected chi connectivity index (χ2v) is 6.25. The summed E-state index contributed by atoms with van der Waals surface area (Å²) in [5.41, 5.74) is -0.125. The van der Waals surface area contributed by atoms with Crippen molar-refractivity contribution < 1.29 is 19.4 Å². The van der Waals surface area contributed by atoms with E-state index in [0.717, 1.165) is 5.69 Å². The molecule has 0 aliphatic carbocycles. The van der Waals surface area contributed by atoms with Crippen molar-refractivity contribution in [3.8, 4) is 5.75 Å². The third kappa shape index (κ3) is 6.36. The minimum Gasteiger partial charge on any atom is -0.495 e. The van der Waals surface area contributed by atoms with Gasteiger partial charge in [0.1, 0.15) is 5.75 Å². The van der Waals surface area contributed by atoms with Crippen LogP contribution in [0.1, 0.15) is 26.7 Å². The molecule has 0 fully saturated rings. The third-order valence-electron chi connectivity index (χ3n) is 3.48. The lowest BCUT2D eigenvalue weighted by atomic mass is 9.90. The Bertz CT molecular complexity index is 561. The number of ether oxygens (including phenoxy) is 1. The van der Waals surface area contributed by atoms with Gasteiger partial charge in [0.25, 0.3) is 0 Å². The van der Waals surface area contributed by atoms with Crippen LogP contribution in [0.4, 0.5) is 5.69 Å². The van der Waals surface area contributed by atoms with Crippen LogP contribution >= 0.6 is 11.6 Å². The fraction of sp³-hybridized carbons (Fsp3) is 0.500. The van der Waals surface area contributed by atoms with Crippen LogP contribution in [0, 0.1) is 5.41 Å². The van der Waals surface area contributed by atoms with Crippen molar-refractivity contribution in [3.63, 3.8) is 0 Å². The monoisotopic (exact) mass is 342 g/mol. The van der Waals surface area contributed by atoms with Crippen molar-refractivity contribution in [2.75, 3.05) is 25.5 Å². The van der Waals surface area contributed by atoms with Gasteiger partial charge in [0.05, 0.1) is 18.2 Å². The second kappa shape index (κ2) is 8.62. The zero-order valence-corrected chi connectivity index (χ0v) is 14.4. The van der Waals surface area contributed by atoms with Crippen molar-refractivity contribution >= 4 is 29.2 Å². The molecule has 0 heterocycles. The molecule has 0 spiro atoms. The van der Waals surface area contributed by atoms with E-state index in [9.17, 15) is 9.59 Å². The summed E-state index contributed by atoms with van der Waals surface area (Å²) in [4.78, 5) is 22.7. The molecular weight excluding hydrogens is 320 g/mol. The molecule has 0 radical (unpaired) electrons. The van der Waals surface area contributed by atoms with Gasteiger partial charge in [-0.05, 0) is 38.5 Å². The van der Waals surface area contributed by atoms with Gasteiger partial charge in [-0.3, -0.25) is 9.59 Å². The molecule has 3 N–H and O–H groups in total. The fourth-order valence-electron chi connectivity index (χ4n) is 1.84. The van der Waals surface area contributed by atoms with E-state index in [4.69, 9.17) is 21.4 Å². The average molecular weight is 343 g/mol. The van der Waals surface area contributed by atoms with Crippen molar-refractivity contribution in [2.45, 2.75) is 26.7 Å². The molecule has 0 bridgehead atoms. The summed E-state index contributed by atoms with van der Waals surface area (Å²) in [6.45, 7) is 4.02. The first-order valence-electron chi connectivity index (χ1n) is 7.34. The van der Waals surface area contributed by atoms with E-state index in [2.05, 4.69) is 10.6 Å². The first-order chi connectivity index (χ1) is 10.8. The molecule has 0 unspecified atom stereocenters. The fourth-order valence-corrected chi connectivity index (χ4v) is 2.01. The normalized spacial score (nSPS) is 11.0. The summed E-state index contributed by atoms with van der Waals surface area (Å²) in [7, 11) is 1.56. The molecule has 7 heteroatoms. The van der Waals surface area contributed by atoms with E-state index < -0.39 is 11.4 Å². The Kier molecular flexibility index (Phi) is 7.16. The Balaban J connectivity index is 2.35. The van der Waals surface area contributed by atoms with E-state index >= 15 is 0 Å². The summed E-state index contributed by atoms with van der Waals surface area (Å²) >= 11 is 5.93. The number of anilines is 1. The number of hydrogen-bond donors (Lipinski definition) is 3. The largest absolute Gasteiger partial charge is 0.495 e. The summed E-state index contributed by atoms with van der Waals surface area (Å²) < 4.78 is 5.21. The average Bonchev–Trinajstić information content (AvgIpc) is 2.47. The molecule has 0 saturated heterocycles. The van der Waals surface area contributed by atoms with Gasteiger partial charge in [0, 0.05) is 24.5 Å². The zero-order valence-electron chi connectivity index (χ0n) is 13.6. The van der Waals surface area contributed by atoms with Crippen LogP contribution in [0.3, 0.4) is 0 Å². The lowest BCUT2D eigenvalue weighted by Crippen LogP contribution is -2.32. The highest BCUT2D eigenvalue weighted by atomic mass is 35.5. The third-order valence-corrected chi connectivity index (χ3v) is 3.72. The lowest BCUT2D eigenvalue weighted by Gasteiger charge is -2.19. The van der Waals surface area contributed by atoms with Gasteiger partial charge in [0.15, 0.2) is 0 Å². The molecule has 1 amide bonds. The smallest absolute Gasteiger partial charge is 0.309 e. The molecule has 0 aliphatic heterocycles. The van der Waals surface area contributed by atoms with Gasteiger partial charge in [0.2, 0.25) is 5.91 Å². The van der Waals surface area contributed by atoms with Gasteiger partial charge < -0.3 is 20.5 Å². The number of nitrogens with one attached hydrogen (secondary N) is 2. The van der Waals surface area contributed by atoms with E-state index in [1.807, 2.05) is 0 Å². The number of halogens is 1. The van der Waals surface area contributed by atoms with Gasteiger partial charge in [-0.2, -0.15) is 0 Å². The topological polar surface area (TPSA) is 87.7 Å². The second-order valence-electron chi connectivity index (χ2n) is 5.81. The van der Waals surface area contributed by atoms with Gasteiger partial charge >= 0.3 is 5.97 Å². The molecule has 1 aromatic rings. The van der Waals surface area contributed by atoms with Crippen LogP contribution in [0.5, 0.6) is 5.75 Å². The Morgan fingerprint density at radius 1 is 1.30 bits per heavy atom. The first-order valence-corrected chi connectivity index (χ1v) is 7.71. The minimum atomic E-state index is -0.874. The Labute approximate surface area is 141 Å². The SMILES string of the molecule is COc1ccc(Cl)cc1NCCC(=O)NCCC(C)(C)C(=O)O. The van der Waals surface area contributed by atoms with Crippen LogP contribution in [0.2, 0.25) is 5.02 Å². The number of carboxylic acids is 1. The van der Waals surface area contributed by atoms with Crippen LogP contribution in [-0.4, -0.2) is 37.2 Å². The maximum atomic E-state index is 11.8. The lowest BCUT2D eigenvalue weighted by molar-refractivity contribution is -0.147. The maximum Gasteiger partial charge on any atom is 0.309 e. The quantitative estimate of drug-likeness (QED) is 0.642. The van der Waals surface area contributed by atoms with Crippen molar-refractivity contribution in [3.05, 3.63) is 23.2 Å². The highest BCUT2D eigenvalue weighted by molar-refractivity contribution is 6.30. The van der Waals surface area contributed by atoms with Crippen molar-refractivity contribution in [1.29, 1.82) is 0 Å². The molecule has 0 atom stereocenters. The van der Waals surface area contributed by atoms with E-state index in [0.29, 0.717) is 30.3 Å². The van der Waals surface area contributed by atoms with Crippen LogP contribution in [0.25, 0.3) is 0 Å². The Morgan fingerprint density at radius 3 is 2.61 bits per heavy atom. The van der Waals surface area contributed by atoms with Crippen molar-refractivity contribution in [1.82, 2.24) is 5.32 Å². The predicted molar refractivity (Wildman–Crippen MR) is 90.2 cm³/mol. The van der Waals surface area contributed by atoms with Gasteiger partial charge in [-0.25, -0.2) is 0 Å². The molecule has 1 rings (SSSR count). The molecule has 23 heavy (non-hydrogen) atoms. The number of hydrogen-bond acceptors (Lipinski definition) is 4. The van der Waals surface area contributed by atoms with Crippen molar-refractivity contribution in [2.24, 2.45) is 5.41 Å². The molecular formula is C16H23ClN2O4. The zero-order chi connectivity index (χ0) is 17.5. The maximum absolute atomic E-state index is 11.8. The number of rotatable bonds is 9. The number of amides is 1. The van der Waals surface area contributed by atoms with Gasteiger partial charge in [-0.15, -0.1) is 0 Å². The summed E-state index contributed by atoms with van der Waals surface area (Å²) in [5.74, 6) is -0.362. The number of carboxylic acid groups (broad SMARTS) is 1. The van der Waals surface area contributed by atoms with E-state index in [-0.39, 0.29) is 12.3 Å². The number of benzene rings is 1. The highest BCUT2D eigenvalue weighted by Crippen LogP contribution is 2.27. The Morgan fingerprint density at radius 2 is 2.00 bits per heavy atom. The highest BCUT2D eigenvalue weighted by Gasteiger charge is 2.26. The molecule has 1 aromatic carbocycles. The number of aliphatic carboxylic acids is 1. The molecule has 128 valence electrons.